The predicted octanol–water partition coefficient (Wildman–Crippen LogP) is 3.97. The first-order valence-corrected chi connectivity index (χ1v) is 9.20. The second kappa shape index (κ2) is 7.59. The average Bonchev–Trinajstić information content (AvgIpc) is 3.20. The molecule has 1 aromatic heterocycles. The lowest BCUT2D eigenvalue weighted by Gasteiger charge is -2.34. The number of carbonyl (C=O) groups is 1. The van der Waals surface area contributed by atoms with Gasteiger partial charge in [-0.15, -0.1) is 0 Å². The number of halogens is 3. The Bertz CT molecular complexity index is 998. The normalized spacial score (nSPS) is 14.4. The van der Waals surface area contributed by atoms with Gasteiger partial charge in [-0.05, 0) is 35.9 Å². The van der Waals surface area contributed by atoms with Gasteiger partial charge in [0.2, 0.25) is 0 Å². The van der Waals surface area contributed by atoms with Gasteiger partial charge in [-0.3, -0.25) is 9.89 Å². The summed E-state index contributed by atoms with van der Waals surface area (Å²) in [4.78, 5) is 16.1. The molecular weight excluding hydrogens is 386 g/mol. The van der Waals surface area contributed by atoms with E-state index in [9.17, 15) is 13.6 Å². The van der Waals surface area contributed by atoms with Crippen molar-refractivity contribution in [2.24, 2.45) is 0 Å². The van der Waals surface area contributed by atoms with Gasteiger partial charge in [0.1, 0.15) is 11.6 Å². The molecule has 1 aliphatic heterocycles. The Labute approximate surface area is 165 Å². The van der Waals surface area contributed by atoms with Crippen molar-refractivity contribution in [3.05, 3.63) is 70.8 Å². The van der Waals surface area contributed by atoms with Gasteiger partial charge < -0.3 is 9.80 Å². The predicted molar refractivity (Wildman–Crippen MR) is 104 cm³/mol. The lowest BCUT2D eigenvalue weighted by atomic mass is 10.1. The highest BCUT2D eigenvalue weighted by molar-refractivity contribution is 6.30. The van der Waals surface area contributed by atoms with Gasteiger partial charge in [0.25, 0.3) is 5.91 Å². The van der Waals surface area contributed by atoms with Crippen LogP contribution >= 0.6 is 11.6 Å². The van der Waals surface area contributed by atoms with Crippen LogP contribution in [0.5, 0.6) is 0 Å². The minimum absolute atomic E-state index is 0.238. The van der Waals surface area contributed by atoms with Gasteiger partial charge >= 0.3 is 0 Å². The third-order valence-corrected chi connectivity index (χ3v) is 5.02. The maximum Gasteiger partial charge on any atom is 0.257 e. The lowest BCUT2D eigenvalue weighted by molar-refractivity contribution is 0.0741. The third kappa shape index (κ3) is 3.71. The Hall–Kier alpha value is -2.93. The van der Waals surface area contributed by atoms with Crippen molar-refractivity contribution < 1.29 is 13.6 Å². The molecule has 4 rings (SSSR count). The van der Waals surface area contributed by atoms with Crippen molar-refractivity contribution in [1.29, 1.82) is 0 Å². The molecule has 0 aliphatic carbocycles. The molecule has 0 atom stereocenters. The Morgan fingerprint density at radius 1 is 1.00 bits per heavy atom. The Morgan fingerprint density at radius 2 is 1.71 bits per heavy atom. The number of rotatable bonds is 3. The number of H-pyrrole nitrogens is 1. The van der Waals surface area contributed by atoms with Crippen molar-refractivity contribution in [2.75, 3.05) is 31.1 Å². The Kier molecular flexibility index (Phi) is 5.00. The largest absolute Gasteiger partial charge is 0.352 e. The first kappa shape index (κ1) is 18.4. The van der Waals surface area contributed by atoms with Crippen molar-refractivity contribution in [2.45, 2.75) is 0 Å². The molecule has 144 valence electrons. The second-order valence-electron chi connectivity index (χ2n) is 6.55. The highest BCUT2D eigenvalue weighted by Crippen LogP contribution is 2.24. The molecule has 0 radical (unpaired) electrons. The van der Waals surface area contributed by atoms with Gasteiger partial charge in [-0.2, -0.15) is 5.10 Å². The quantitative estimate of drug-likeness (QED) is 0.721. The van der Waals surface area contributed by atoms with Crippen LogP contribution in [0.4, 0.5) is 14.6 Å². The Balaban J connectivity index is 1.42. The fraction of sp³-hybridized carbons (Fsp3) is 0.200. The molecule has 2 heterocycles. The van der Waals surface area contributed by atoms with E-state index in [1.165, 1.54) is 4.90 Å². The second-order valence-corrected chi connectivity index (χ2v) is 6.99. The standard InChI is InChI=1S/C20H17ClF2N4O/c21-14-3-1-13(2-4-14)18-12-19(25-24-18)26-7-9-27(10-8-26)20(28)16-11-15(22)5-6-17(16)23/h1-6,11-12H,7-10H2,(H,24,25). The van der Waals surface area contributed by atoms with E-state index in [4.69, 9.17) is 11.6 Å². The summed E-state index contributed by atoms with van der Waals surface area (Å²) in [7, 11) is 0. The zero-order valence-corrected chi connectivity index (χ0v) is 15.6. The number of carbonyl (C=O) groups excluding carboxylic acids is 1. The van der Waals surface area contributed by atoms with Crippen LogP contribution < -0.4 is 4.90 Å². The maximum atomic E-state index is 13.9. The lowest BCUT2D eigenvalue weighted by Crippen LogP contribution is -2.49. The topological polar surface area (TPSA) is 52.2 Å². The third-order valence-electron chi connectivity index (χ3n) is 4.77. The van der Waals surface area contributed by atoms with E-state index in [0.717, 1.165) is 35.3 Å². The molecule has 1 amide bonds. The number of nitrogens with one attached hydrogen (secondary N) is 1. The molecule has 28 heavy (non-hydrogen) atoms. The first-order valence-electron chi connectivity index (χ1n) is 8.82. The molecule has 1 fully saturated rings. The van der Waals surface area contributed by atoms with Crippen LogP contribution in [0.25, 0.3) is 11.3 Å². The molecule has 1 aliphatic rings. The summed E-state index contributed by atoms with van der Waals surface area (Å²) >= 11 is 5.92. The summed E-state index contributed by atoms with van der Waals surface area (Å²) < 4.78 is 27.2. The summed E-state index contributed by atoms with van der Waals surface area (Å²) in [6, 6.07) is 12.3. The SMILES string of the molecule is O=C(c1cc(F)ccc1F)N1CCN(c2cc(-c3ccc(Cl)cc3)[nH]n2)CC1. The highest BCUT2D eigenvalue weighted by atomic mass is 35.5. The van der Waals surface area contributed by atoms with Gasteiger partial charge in [0, 0.05) is 37.3 Å². The van der Waals surface area contributed by atoms with Crippen molar-refractivity contribution in [1.82, 2.24) is 15.1 Å². The fourth-order valence-electron chi connectivity index (χ4n) is 3.22. The molecule has 0 saturated carbocycles. The van der Waals surface area contributed by atoms with E-state index in [1.807, 2.05) is 35.2 Å². The number of piperazine rings is 1. The van der Waals surface area contributed by atoms with Crippen molar-refractivity contribution in [3.63, 3.8) is 0 Å². The van der Waals surface area contributed by atoms with Gasteiger partial charge in [-0.1, -0.05) is 23.7 Å². The number of aromatic nitrogens is 2. The zero-order valence-electron chi connectivity index (χ0n) is 14.8. The number of aromatic amines is 1. The number of nitrogens with zero attached hydrogens (tertiary/aromatic N) is 3. The minimum atomic E-state index is -0.714. The molecule has 1 N–H and O–H groups in total. The molecule has 1 saturated heterocycles. The molecule has 2 aromatic carbocycles. The number of hydrogen-bond acceptors (Lipinski definition) is 3. The van der Waals surface area contributed by atoms with E-state index in [2.05, 4.69) is 10.2 Å². The Morgan fingerprint density at radius 3 is 2.43 bits per heavy atom. The molecule has 3 aromatic rings. The number of anilines is 1. The van der Waals surface area contributed by atoms with Crippen molar-refractivity contribution in [3.8, 4) is 11.3 Å². The summed E-state index contributed by atoms with van der Waals surface area (Å²) in [5.41, 5.74) is 1.60. The van der Waals surface area contributed by atoms with Crippen LogP contribution in [0.1, 0.15) is 10.4 Å². The number of benzene rings is 2. The minimum Gasteiger partial charge on any atom is -0.352 e. The molecular formula is C20H17ClF2N4O. The monoisotopic (exact) mass is 402 g/mol. The molecule has 0 bridgehead atoms. The van der Waals surface area contributed by atoms with E-state index in [0.29, 0.717) is 31.2 Å². The maximum absolute atomic E-state index is 13.9. The van der Waals surface area contributed by atoms with E-state index in [1.54, 1.807) is 0 Å². The van der Waals surface area contributed by atoms with Gasteiger partial charge in [0.15, 0.2) is 5.82 Å². The van der Waals surface area contributed by atoms with Crippen LogP contribution in [-0.2, 0) is 0 Å². The van der Waals surface area contributed by atoms with E-state index >= 15 is 0 Å². The highest BCUT2D eigenvalue weighted by Gasteiger charge is 2.25. The number of amides is 1. The molecule has 0 unspecified atom stereocenters. The zero-order chi connectivity index (χ0) is 19.7. The number of hydrogen-bond donors (Lipinski definition) is 1. The van der Waals surface area contributed by atoms with E-state index < -0.39 is 17.5 Å². The van der Waals surface area contributed by atoms with Gasteiger partial charge in [-0.25, -0.2) is 8.78 Å². The first-order chi connectivity index (χ1) is 13.5. The van der Waals surface area contributed by atoms with Crippen LogP contribution in [0.3, 0.4) is 0 Å². The van der Waals surface area contributed by atoms with Crippen LogP contribution in [0.2, 0.25) is 5.02 Å². The van der Waals surface area contributed by atoms with Crippen LogP contribution in [-0.4, -0.2) is 47.2 Å². The summed E-state index contributed by atoms with van der Waals surface area (Å²) in [5.74, 6) is -1.07. The molecule has 8 heteroatoms. The fourth-order valence-corrected chi connectivity index (χ4v) is 3.35. The smallest absolute Gasteiger partial charge is 0.257 e. The van der Waals surface area contributed by atoms with Gasteiger partial charge in [0.05, 0.1) is 11.3 Å². The van der Waals surface area contributed by atoms with Crippen molar-refractivity contribution >= 4 is 23.3 Å². The molecule has 5 nitrogen and oxygen atoms in total. The average molecular weight is 403 g/mol. The molecule has 0 spiro atoms. The summed E-state index contributed by atoms with van der Waals surface area (Å²) in [6.07, 6.45) is 0. The van der Waals surface area contributed by atoms with Crippen LogP contribution in [0, 0.1) is 11.6 Å². The van der Waals surface area contributed by atoms with Crippen LogP contribution in [0.15, 0.2) is 48.5 Å². The van der Waals surface area contributed by atoms with E-state index in [-0.39, 0.29) is 5.56 Å². The summed E-state index contributed by atoms with van der Waals surface area (Å²) in [6.45, 7) is 1.90. The summed E-state index contributed by atoms with van der Waals surface area (Å²) in [5, 5.41) is 8.02.